The van der Waals surface area contributed by atoms with Crippen molar-refractivity contribution < 1.29 is 9.84 Å². The van der Waals surface area contributed by atoms with Gasteiger partial charge in [0.05, 0.1) is 11.7 Å². The maximum atomic E-state index is 10.4. The Kier molecular flexibility index (Phi) is 6.12. The van der Waals surface area contributed by atoms with E-state index < -0.39 is 11.7 Å². The highest BCUT2D eigenvalue weighted by Gasteiger charge is 2.34. The molecule has 0 aliphatic rings. The first kappa shape index (κ1) is 16.0. The van der Waals surface area contributed by atoms with Crippen LogP contribution in [0.1, 0.15) is 32.3 Å². The zero-order valence-corrected chi connectivity index (χ0v) is 13.4. The average molecular weight is 336 g/mol. The van der Waals surface area contributed by atoms with Gasteiger partial charge in [0.2, 0.25) is 0 Å². The number of ether oxygens (including phenoxy) is 1. The Morgan fingerprint density at radius 2 is 2.00 bits per heavy atom. The van der Waals surface area contributed by atoms with Crippen molar-refractivity contribution >= 4 is 27.5 Å². The van der Waals surface area contributed by atoms with Crippen LogP contribution in [-0.4, -0.2) is 23.9 Å². The molecule has 0 aliphatic heterocycles. The van der Waals surface area contributed by atoms with Crippen LogP contribution in [0.4, 0.5) is 0 Å². The molecule has 2 nitrogen and oxygen atoms in total. The summed E-state index contributed by atoms with van der Waals surface area (Å²) in [7, 11) is 1.65. The van der Waals surface area contributed by atoms with E-state index in [9.17, 15) is 5.11 Å². The number of hydrogen-bond donors (Lipinski definition) is 1. The van der Waals surface area contributed by atoms with Crippen LogP contribution in [-0.2, 0) is 11.2 Å². The van der Waals surface area contributed by atoms with E-state index in [1.807, 2.05) is 32.0 Å². The predicted molar refractivity (Wildman–Crippen MR) is 79.2 cm³/mol. The first-order valence-corrected chi connectivity index (χ1v) is 7.33. The summed E-state index contributed by atoms with van der Waals surface area (Å²) < 4.78 is 6.47. The van der Waals surface area contributed by atoms with Crippen LogP contribution in [0.25, 0.3) is 0 Å². The molecule has 1 unspecified atom stereocenters. The summed E-state index contributed by atoms with van der Waals surface area (Å²) in [4.78, 5) is 0. The third-order valence-corrected chi connectivity index (χ3v) is 4.48. The van der Waals surface area contributed by atoms with Gasteiger partial charge in [0.1, 0.15) is 0 Å². The van der Waals surface area contributed by atoms with Gasteiger partial charge in [-0.1, -0.05) is 47.4 Å². The van der Waals surface area contributed by atoms with Gasteiger partial charge < -0.3 is 9.84 Å². The van der Waals surface area contributed by atoms with Crippen LogP contribution in [0.5, 0.6) is 0 Å². The average Bonchev–Trinajstić information content (AvgIpc) is 2.36. The summed E-state index contributed by atoms with van der Waals surface area (Å²) in [6, 6.07) is 5.71. The van der Waals surface area contributed by atoms with Gasteiger partial charge in [-0.3, -0.25) is 0 Å². The largest absolute Gasteiger partial charge is 0.390 e. The molecule has 0 fully saturated rings. The van der Waals surface area contributed by atoms with Crippen molar-refractivity contribution in [3.8, 4) is 0 Å². The molecule has 0 saturated heterocycles. The van der Waals surface area contributed by atoms with Crippen LogP contribution >= 0.6 is 27.5 Å². The van der Waals surface area contributed by atoms with Gasteiger partial charge in [-0.25, -0.2) is 0 Å². The first-order chi connectivity index (χ1) is 8.49. The van der Waals surface area contributed by atoms with Gasteiger partial charge >= 0.3 is 0 Å². The van der Waals surface area contributed by atoms with Crippen molar-refractivity contribution in [2.24, 2.45) is 0 Å². The second kappa shape index (κ2) is 6.90. The minimum atomic E-state index is -0.559. The molecule has 4 heteroatoms. The molecule has 0 radical (unpaired) electrons. The lowest BCUT2D eigenvalue weighted by Crippen LogP contribution is -2.44. The molecule has 1 N–H and O–H groups in total. The van der Waals surface area contributed by atoms with Crippen molar-refractivity contribution in [1.29, 1.82) is 0 Å². The molecular formula is C14H20BrClO2. The number of hydrogen-bond acceptors (Lipinski definition) is 2. The molecule has 102 valence electrons. The van der Waals surface area contributed by atoms with Crippen LogP contribution in [0.2, 0.25) is 5.02 Å². The van der Waals surface area contributed by atoms with E-state index in [4.69, 9.17) is 16.3 Å². The van der Waals surface area contributed by atoms with Gasteiger partial charge in [-0.05, 0) is 30.5 Å². The van der Waals surface area contributed by atoms with Crippen molar-refractivity contribution in [1.82, 2.24) is 0 Å². The van der Waals surface area contributed by atoms with E-state index in [0.29, 0.717) is 11.4 Å². The maximum absolute atomic E-state index is 10.4. The molecule has 0 amide bonds. The minimum Gasteiger partial charge on any atom is -0.390 e. The van der Waals surface area contributed by atoms with Crippen LogP contribution in [0.15, 0.2) is 22.7 Å². The lowest BCUT2D eigenvalue weighted by Gasteiger charge is -2.35. The molecule has 0 bridgehead atoms. The van der Waals surface area contributed by atoms with Crippen molar-refractivity contribution in [2.75, 3.05) is 7.11 Å². The van der Waals surface area contributed by atoms with Gasteiger partial charge in [0.25, 0.3) is 0 Å². The second-order valence-electron chi connectivity index (χ2n) is 4.43. The lowest BCUT2D eigenvalue weighted by molar-refractivity contribution is -0.106. The minimum absolute atomic E-state index is 0.490. The van der Waals surface area contributed by atoms with E-state index >= 15 is 0 Å². The Hall–Kier alpha value is -0.0900. The number of aliphatic hydroxyl groups excluding tert-OH is 1. The third kappa shape index (κ3) is 3.47. The number of benzene rings is 1. The van der Waals surface area contributed by atoms with Crippen molar-refractivity contribution in [2.45, 2.75) is 44.8 Å². The Balaban J connectivity index is 2.89. The van der Waals surface area contributed by atoms with Gasteiger partial charge in [0, 0.05) is 23.0 Å². The Morgan fingerprint density at radius 1 is 1.39 bits per heavy atom. The highest BCUT2D eigenvalue weighted by molar-refractivity contribution is 9.10. The fourth-order valence-electron chi connectivity index (χ4n) is 2.23. The fourth-order valence-corrected chi connectivity index (χ4v) is 2.98. The van der Waals surface area contributed by atoms with Crippen LogP contribution < -0.4 is 0 Å². The zero-order chi connectivity index (χ0) is 13.8. The molecule has 0 saturated carbocycles. The SMILES string of the molecule is CCC(CC)(OC)C(O)Cc1ccc(Br)cc1Cl. The quantitative estimate of drug-likeness (QED) is 0.844. The lowest BCUT2D eigenvalue weighted by atomic mass is 9.86. The van der Waals surface area contributed by atoms with Gasteiger partial charge in [-0.2, -0.15) is 0 Å². The van der Waals surface area contributed by atoms with E-state index in [1.54, 1.807) is 7.11 Å². The summed E-state index contributed by atoms with van der Waals surface area (Å²) in [6.07, 6.45) is 1.49. The summed E-state index contributed by atoms with van der Waals surface area (Å²) in [6.45, 7) is 4.05. The van der Waals surface area contributed by atoms with Crippen LogP contribution in [0, 0.1) is 0 Å². The van der Waals surface area contributed by atoms with Gasteiger partial charge in [0.15, 0.2) is 0 Å². The van der Waals surface area contributed by atoms with Crippen molar-refractivity contribution in [3.05, 3.63) is 33.3 Å². The fraction of sp³-hybridized carbons (Fsp3) is 0.571. The summed E-state index contributed by atoms with van der Waals surface area (Å²) >= 11 is 9.54. The Bertz CT molecular complexity index is 383. The third-order valence-electron chi connectivity index (χ3n) is 3.64. The normalized spacial score (nSPS) is 13.7. The van der Waals surface area contributed by atoms with Crippen LogP contribution in [0.3, 0.4) is 0 Å². The van der Waals surface area contributed by atoms with E-state index in [-0.39, 0.29) is 0 Å². The number of methoxy groups -OCH3 is 1. The summed E-state index contributed by atoms with van der Waals surface area (Å²) in [5.74, 6) is 0. The smallest absolute Gasteiger partial charge is 0.0934 e. The van der Waals surface area contributed by atoms with E-state index in [2.05, 4.69) is 15.9 Å². The summed E-state index contributed by atoms with van der Waals surface area (Å²) in [5, 5.41) is 11.1. The first-order valence-electron chi connectivity index (χ1n) is 6.16. The molecule has 1 aromatic carbocycles. The Morgan fingerprint density at radius 3 is 2.44 bits per heavy atom. The highest BCUT2D eigenvalue weighted by Crippen LogP contribution is 2.29. The van der Waals surface area contributed by atoms with Gasteiger partial charge in [-0.15, -0.1) is 0 Å². The number of halogens is 2. The molecule has 1 atom stereocenters. The molecule has 18 heavy (non-hydrogen) atoms. The molecule has 1 rings (SSSR count). The predicted octanol–water partition coefficient (Wildman–Crippen LogP) is 4.21. The maximum Gasteiger partial charge on any atom is 0.0934 e. The monoisotopic (exact) mass is 334 g/mol. The molecule has 0 aromatic heterocycles. The summed E-state index contributed by atoms with van der Waals surface area (Å²) in [5.41, 5.74) is 0.451. The highest BCUT2D eigenvalue weighted by atomic mass is 79.9. The van der Waals surface area contributed by atoms with E-state index in [1.165, 1.54) is 0 Å². The Labute approximate surface area is 122 Å². The number of rotatable bonds is 6. The standard InChI is InChI=1S/C14H20BrClO2/c1-4-14(5-2,18-3)13(17)8-10-6-7-11(15)9-12(10)16/h6-7,9,13,17H,4-5,8H2,1-3H3. The molecular weight excluding hydrogens is 316 g/mol. The van der Waals surface area contributed by atoms with Crippen molar-refractivity contribution in [3.63, 3.8) is 0 Å². The molecule has 0 spiro atoms. The molecule has 0 aliphatic carbocycles. The molecule has 1 aromatic rings. The second-order valence-corrected chi connectivity index (χ2v) is 5.75. The number of aliphatic hydroxyl groups is 1. The topological polar surface area (TPSA) is 29.5 Å². The zero-order valence-electron chi connectivity index (χ0n) is 11.0. The van der Waals surface area contributed by atoms with E-state index in [0.717, 1.165) is 22.9 Å². The molecule has 0 heterocycles.